The molecule has 0 spiro atoms. The molecule has 2 atom stereocenters. The topological polar surface area (TPSA) is 56.8 Å². The molecule has 0 fully saturated rings. The molecule has 0 aliphatic carbocycles. The maximum absolute atomic E-state index is 12.9. The molecule has 0 aliphatic heterocycles. The van der Waals surface area contributed by atoms with Crippen molar-refractivity contribution in [3.63, 3.8) is 0 Å². The first-order valence-corrected chi connectivity index (χ1v) is 9.71. The zero-order chi connectivity index (χ0) is 20.5. The number of nitrogens with one attached hydrogen (secondary N) is 1. The van der Waals surface area contributed by atoms with Crippen molar-refractivity contribution in [3.05, 3.63) is 54.1 Å². The van der Waals surface area contributed by atoms with E-state index >= 15 is 0 Å². The summed E-state index contributed by atoms with van der Waals surface area (Å²) in [7, 11) is 3.25. The van der Waals surface area contributed by atoms with Gasteiger partial charge in [-0.15, -0.1) is 0 Å². The highest BCUT2D eigenvalue weighted by Gasteiger charge is 2.23. The van der Waals surface area contributed by atoms with Crippen molar-refractivity contribution in [2.24, 2.45) is 5.92 Å². The summed E-state index contributed by atoms with van der Waals surface area (Å²) in [4.78, 5) is 12.9. The second-order valence-corrected chi connectivity index (χ2v) is 7.16. The highest BCUT2D eigenvalue weighted by atomic mass is 16.5. The van der Waals surface area contributed by atoms with Gasteiger partial charge in [0.15, 0.2) is 6.10 Å². The number of carbonyl (C=O) groups is 1. The quantitative estimate of drug-likeness (QED) is 0.640. The molecule has 0 unspecified atom stereocenters. The SMILES string of the molecule is CC[C@@H](Oc1cccc(OC)c1)C(=O)N[C@@H](CC(C)C)c1ccc(OC)cc1. The van der Waals surface area contributed by atoms with Gasteiger partial charge < -0.3 is 19.5 Å². The Morgan fingerprint density at radius 2 is 1.61 bits per heavy atom. The van der Waals surface area contributed by atoms with Crippen molar-refractivity contribution >= 4 is 5.91 Å². The molecular formula is C23H31NO4. The summed E-state index contributed by atoms with van der Waals surface area (Å²) in [6.45, 7) is 6.23. The minimum absolute atomic E-state index is 0.0821. The fourth-order valence-corrected chi connectivity index (χ4v) is 3.01. The Kier molecular flexibility index (Phi) is 8.18. The maximum atomic E-state index is 12.9. The lowest BCUT2D eigenvalue weighted by molar-refractivity contribution is -0.129. The van der Waals surface area contributed by atoms with Gasteiger partial charge in [-0.2, -0.15) is 0 Å². The molecule has 2 aromatic rings. The molecule has 0 bridgehead atoms. The Labute approximate surface area is 168 Å². The summed E-state index contributed by atoms with van der Waals surface area (Å²) in [6, 6.07) is 15.0. The Balaban J connectivity index is 2.12. The van der Waals surface area contributed by atoms with Gasteiger partial charge in [0.25, 0.3) is 5.91 Å². The third-order valence-electron chi connectivity index (χ3n) is 4.52. The van der Waals surface area contributed by atoms with E-state index in [1.807, 2.05) is 49.4 Å². The minimum atomic E-state index is -0.569. The predicted octanol–water partition coefficient (Wildman–Crippen LogP) is 4.76. The van der Waals surface area contributed by atoms with E-state index in [-0.39, 0.29) is 11.9 Å². The molecule has 28 heavy (non-hydrogen) atoms. The van der Waals surface area contributed by atoms with Crippen LogP contribution >= 0.6 is 0 Å². The van der Waals surface area contributed by atoms with Gasteiger partial charge in [0.05, 0.1) is 20.3 Å². The van der Waals surface area contributed by atoms with Gasteiger partial charge in [-0.25, -0.2) is 0 Å². The van der Waals surface area contributed by atoms with Gasteiger partial charge in [0, 0.05) is 6.07 Å². The van der Waals surface area contributed by atoms with Crippen LogP contribution in [-0.2, 0) is 4.79 Å². The van der Waals surface area contributed by atoms with E-state index in [0.29, 0.717) is 23.8 Å². The van der Waals surface area contributed by atoms with Crippen LogP contribution in [0.3, 0.4) is 0 Å². The number of hydrogen-bond donors (Lipinski definition) is 1. The number of rotatable bonds is 10. The molecule has 5 nitrogen and oxygen atoms in total. The van der Waals surface area contributed by atoms with E-state index in [2.05, 4.69) is 19.2 Å². The largest absolute Gasteiger partial charge is 0.497 e. The summed E-state index contributed by atoms with van der Waals surface area (Å²) >= 11 is 0. The summed E-state index contributed by atoms with van der Waals surface area (Å²) in [6.07, 6.45) is 0.841. The third kappa shape index (κ3) is 6.19. The van der Waals surface area contributed by atoms with Crippen molar-refractivity contribution in [1.29, 1.82) is 0 Å². The number of methoxy groups -OCH3 is 2. The molecule has 0 saturated heterocycles. The smallest absolute Gasteiger partial charge is 0.261 e. The molecule has 2 rings (SSSR count). The van der Waals surface area contributed by atoms with Gasteiger partial charge in [0.1, 0.15) is 17.2 Å². The Hall–Kier alpha value is -2.69. The van der Waals surface area contributed by atoms with Crippen molar-refractivity contribution in [2.45, 2.75) is 45.8 Å². The minimum Gasteiger partial charge on any atom is -0.497 e. The van der Waals surface area contributed by atoms with Gasteiger partial charge in [-0.05, 0) is 48.6 Å². The van der Waals surface area contributed by atoms with E-state index in [1.54, 1.807) is 20.3 Å². The zero-order valence-electron chi connectivity index (χ0n) is 17.4. The number of benzene rings is 2. The van der Waals surface area contributed by atoms with Crippen molar-refractivity contribution in [3.8, 4) is 17.2 Å². The molecule has 0 aliphatic rings. The summed E-state index contributed by atoms with van der Waals surface area (Å²) in [5, 5.41) is 3.17. The van der Waals surface area contributed by atoms with Gasteiger partial charge in [-0.3, -0.25) is 4.79 Å². The van der Waals surface area contributed by atoms with Gasteiger partial charge >= 0.3 is 0 Å². The molecule has 152 valence electrons. The van der Waals surface area contributed by atoms with Crippen LogP contribution in [0.2, 0.25) is 0 Å². The molecule has 0 radical (unpaired) electrons. The van der Waals surface area contributed by atoms with Crippen LogP contribution in [0.15, 0.2) is 48.5 Å². The van der Waals surface area contributed by atoms with Crippen LogP contribution < -0.4 is 19.5 Å². The van der Waals surface area contributed by atoms with E-state index in [1.165, 1.54) is 0 Å². The van der Waals surface area contributed by atoms with Crippen molar-refractivity contribution < 1.29 is 19.0 Å². The normalized spacial score (nSPS) is 12.9. The summed E-state index contributed by atoms with van der Waals surface area (Å²) in [5.74, 6) is 2.43. The molecular weight excluding hydrogens is 354 g/mol. The first-order chi connectivity index (χ1) is 13.5. The molecule has 1 N–H and O–H groups in total. The van der Waals surface area contributed by atoms with Crippen LogP contribution in [0, 0.1) is 5.92 Å². The lowest BCUT2D eigenvalue weighted by Gasteiger charge is -2.25. The molecule has 5 heteroatoms. The fourth-order valence-electron chi connectivity index (χ4n) is 3.01. The highest BCUT2D eigenvalue weighted by Crippen LogP contribution is 2.25. The van der Waals surface area contributed by atoms with E-state index in [9.17, 15) is 4.79 Å². The van der Waals surface area contributed by atoms with Crippen LogP contribution in [0.4, 0.5) is 0 Å². The maximum Gasteiger partial charge on any atom is 0.261 e. The second-order valence-electron chi connectivity index (χ2n) is 7.16. The number of carbonyl (C=O) groups excluding carboxylic acids is 1. The highest BCUT2D eigenvalue weighted by molar-refractivity contribution is 5.81. The number of ether oxygens (including phenoxy) is 3. The van der Waals surface area contributed by atoms with Crippen molar-refractivity contribution in [1.82, 2.24) is 5.32 Å². The second kappa shape index (κ2) is 10.6. The molecule has 1 amide bonds. The molecule has 2 aromatic carbocycles. The van der Waals surface area contributed by atoms with Crippen LogP contribution in [0.5, 0.6) is 17.2 Å². The van der Waals surface area contributed by atoms with Gasteiger partial charge in [-0.1, -0.05) is 39.0 Å². The monoisotopic (exact) mass is 385 g/mol. The van der Waals surface area contributed by atoms with Crippen LogP contribution in [0.25, 0.3) is 0 Å². The number of hydrogen-bond acceptors (Lipinski definition) is 4. The molecule has 0 saturated carbocycles. The van der Waals surface area contributed by atoms with Crippen LogP contribution in [-0.4, -0.2) is 26.2 Å². The zero-order valence-corrected chi connectivity index (χ0v) is 17.4. The summed E-state index contributed by atoms with van der Waals surface area (Å²) < 4.78 is 16.4. The van der Waals surface area contributed by atoms with E-state index in [4.69, 9.17) is 14.2 Å². The lowest BCUT2D eigenvalue weighted by Crippen LogP contribution is -2.40. The Morgan fingerprint density at radius 3 is 2.18 bits per heavy atom. The van der Waals surface area contributed by atoms with E-state index in [0.717, 1.165) is 17.7 Å². The third-order valence-corrected chi connectivity index (χ3v) is 4.52. The number of amides is 1. The standard InChI is InChI=1S/C23H31NO4/c1-6-22(28-20-9-7-8-19(15-20)27-5)23(25)24-21(14-16(2)3)17-10-12-18(26-4)13-11-17/h7-13,15-16,21-22H,6,14H2,1-5H3,(H,24,25)/t21-,22+/m0/s1. The molecule has 0 aromatic heterocycles. The van der Waals surface area contributed by atoms with Crippen molar-refractivity contribution in [2.75, 3.05) is 14.2 Å². The van der Waals surface area contributed by atoms with Gasteiger partial charge in [0.2, 0.25) is 0 Å². The average molecular weight is 386 g/mol. The van der Waals surface area contributed by atoms with Crippen LogP contribution in [0.1, 0.15) is 45.2 Å². The van der Waals surface area contributed by atoms with E-state index < -0.39 is 6.10 Å². The Morgan fingerprint density at radius 1 is 0.964 bits per heavy atom. The summed E-state index contributed by atoms with van der Waals surface area (Å²) in [5.41, 5.74) is 1.05. The lowest BCUT2D eigenvalue weighted by atomic mass is 9.96. The Bertz CT molecular complexity index is 743. The fraction of sp³-hybridized carbons (Fsp3) is 0.435. The first-order valence-electron chi connectivity index (χ1n) is 9.71. The average Bonchev–Trinajstić information content (AvgIpc) is 2.71. The predicted molar refractivity (Wildman–Crippen MR) is 111 cm³/mol. The molecule has 0 heterocycles. The first kappa shape index (κ1) is 21.6.